The lowest BCUT2D eigenvalue weighted by Gasteiger charge is -2.46. The number of carboxylic acids is 1. The Balaban J connectivity index is 1.80. The highest BCUT2D eigenvalue weighted by atomic mass is 16.8. The lowest BCUT2D eigenvalue weighted by Crippen LogP contribution is -2.65. The lowest BCUT2D eigenvalue weighted by atomic mass is 9.97. The largest absolute Gasteiger partial charge is 0.481 e. The first kappa shape index (κ1) is 40.2. The fourth-order valence-corrected chi connectivity index (χ4v) is 5.23. The molecule has 46 heavy (non-hydrogen) atoms. The smallest absolute Gasteiger partial charge is 0.303 e. The van der Waals surface area contributed by atoms with E-state index in [2.05, 4.69) is 24.3 Å². The topological polar surface area (TPSA) is 222 Å². The fraction of sp³-hybridized carbons (Fsp3) is 0.812. The van der Waals surface area contributed by atoms with Gasteiger partial charge in [0.2, 0.25) is 0 Å². The standard InChI is InChI=1S/C32H54O14/c1-20(16-14-12-10-8-6-4-3-5-7-9-11-13-15-17-24(35)36)43-32-30(28(40)25(37)22(18-33)44-32)46-31-29(41)27(39)26(38)23(45-31)19-42-21(2)34/h3-4,8,10,20,22-23,25-33,37-41H,5-7,9,11-19H2,1-2H3,(H,35,36)/b4-3-,10-8+. The van der Waals surface area contributed by atoms with E-state index in [1.807, 2.05) is 0 Å². The molecule has 7 N–H and O–H groups in total. The van der Waals surface area contributed by atoms with E-state index >= 15 is 0 Å². The van der Waals surface area contributed by atoms with Crippen LogP contribution in [-0.2, 0) is 33.3 Å². The third-order valence-corrected chi connectivity index (χ3v) is 7.95. The van der Waals surface area contributed by atoms with Gasteiger partial charge in [-0.05, 0) is 51.9 Å². The number of rotatable bonds is 21. The van der Waals surface area contributed by atoms with Gasteiger partial charge < -0.3 is 59.4 Å². The van der Waals surface area contributed by atoms with Crippen LogP contribution < -0.4 is 0 Å². The minimum absolute atomic E-state index is 0.243. The van der Waals surface area contributed by atoms with Crippen LogP contribution in [0.25, 0.3) is 0 Å². The van der Waals surface area contributed by atoms with Crippen LogP contribution >= 0.6 is 0 Å². The van der Waals surface area contributed by atoms with Crippen LogP contribution in [0.15, 0.2) is 24.3 Å². The van der Waals surface area contributed by atoms with Gasteiger partial charge in [0.15, 0.2) is 12.6 Å². The molecule has 0 aromatic rings. The van der Waals surface area contributed by atoms with Gasteiger partial charge in [0.25, 0.3) is 0 Å². The van der Waals surface area contributed by atoms with Gasteiger partial charge in [0, 0.05) is 13.3 Å². The summed E-state index contributed by atoms with van der Waals surface area (Å²) in [6, 6.07) is 0. The van der Waals surface area contributed by atoms with Crippen molar-refractivity contribution in [3.63, 3.8) is 0 Å². The third-order valence-electron chi connectivity index (χ3n) is 7.95. The number of allylic oxidation sites excluding steroid dienone is 4. The second-order valence-corrected chi connectivity index (χ2v) is 11.9. The molecule has 266 valence electrons. The number of esters is 1. The highest BCUT2D eigenvalue weighted by Gasteiger charge is 2.51. The maximum absolute atomic E-state index is 11.2. The van der Waals surface area contributed by atoms with Crippen molar-refractivity contribution in [1.29, 1.82) is 0 Å². The van der Waals surface area contributed by atoms with Crippen LogP contribution in [0, 0.1) is 0 Å². The Morgan fingerprint density at radius 3 is 2.02 bits per heavy atom. The van der Waals surface area contributed by atoms with Crippen molar-refractivity contribution in [3.8, 4) is 0 Å². The highest BCUT2D eigenvalue weighted by molar-refractivity contribution is 5.66. The third kappa shape index (κ3) is 14.0. The summed E-state index contributed by atoms with van der Waals surface area (Å²) in [7, 11) is 0. The Bertz CT molecular complexity index is 928. The van der Waals surface area contributed by atoms with E-state index in [0.29, 0.717) is 6.42 Å². The quantitative estimate of drug-likeness (QED) is 0.0519. The van der Waals surface area contributed by atoms with E-state index in [4.69, 9.17) is 28.8 Å². The summed E-state index contributed by atoms with van der Waals surface area (Å²) in [5, 5.41) is 70.7. The van der Waals surface area contributed by atoms with E-state index < -0.39 is 92.7 Å². The number of aliphatic hydroxyl groups excluding tert-OH is 6. The first-order valence-corrected chi connectivity index (χ1v) is 16.2. The fourth-order valence-electron chi connectivity index (χ4n) is 5.23. The van der Waals surface area contributed by atoms with Gasteiger partial charge in [-0.1, -0.05) is 43.6 Å². The number of aliphatic hydroxyl groups is 6. The van der Waals surface area contributed by atoms with Gasteiger partial charge in [0.1, 0.15) is 55.4 Å². The molecule has 2 fully saturated rings. The zero-order valence-corrected chi connectivity index (χ0v) is 26.8. The molecule has 0 aromatic carbocycles. The molecule has 11 atom stereocenters. The van der Waals surface area contributed by atoms with Crippen molar-refractivity contribution in [1.82, 2.24) is 0 Å². The molecule has 0 spiro atoms. The number of hydrogen-bond donors (Lipinski definition) is 7. The van der Waals surface area contributed by atoms with Gasteiger partial charge >= 0.3 is 11.9 Å². The SMILES string of the molecule is CC(=O)OCC1OC(OC2C(OC(C)CCC/C=C/C/C=C\CCCCCCCC(=O)O)OC(CO)C(O)C2O)C(O)C(O)C1O. The molecule has 2 heterocycles. The maximum atomic E-state index is 11.2. The van der Waals surface area contributed by atoms with Crippen molar-refractivity contribution < 1.29 is 69.0 Å². The molecule has 2 rings (SSSR count). The Morgan fingerprint density at radius 1 is 0.761 bits per heavy atom. The molecule has 2 aliphatic heterocycles. The molecule has 0 bridgehead atoms. The van der Waals surface area contributed by atoms with Crippen LogP contribution in [0.3, 0.4) is 0 Å². The van der Waals surface area contributed by atoms with E-state index in [1.165, 1.54) is 0 Å². The maximum Gasteiger partial charge on any atom is 0.303 e. The number of ether oxygens (including phenoxy) is 5. The molecule has 14 nitrogen and oxygen atoms in total. The molecule has 0 radical (unpaired) electrons. The normalized spacial score (nSPS) is 32.6. The molecule has 0 aliphatic carbocycles. The van der Waals surface area contributed by atoms with Gasteiger partial charge in [-0.15, -0.1) is 0 Å². The number of aliphatic carboxylic acids is 1. The van der Waals surface area contributed by atoms with Gasteiger partial charge in [0.05, 0.1) is 12.7 Å². The summed E-state index contributed by atoms with van der Waals surface area (Å²) >= 11 is 0. The summed E-state index contributed by atoms with van der Waals surface area (Å²) in [5.74, 6) is -1.39. The van der Waals surface area contributed by atoms with E-state index in [0.717, 1.165) is 64.7 Å². The van der Waals surface area contributed by atoms with Crippen molar-refractivity contribution in [3.05, 3.63) is 24.3 Å². The van der Waals surface area contributed by atoms with Gasteiger partial charge in [-0.2, -0.15) is 0 Å². The van der Waals surface area contributed by atoms with Crippen LogP contribution in [-0.4, -0.2) is 128 Å². The molecular formula is C32H54O14. The number of hydrogen-bond acceptors (Lipinski definition) is 13. The zero-order chi connectivity index (χ0) is 34.1. The molecule has 0 aromatic heterocycles. The molecule has 2 aliphatic rings. The average molecular weight is 663 g/mol. The van der Waals surface area contributed by atoms with Crippen molar-refractivity contribution in [2.24, 2.45) is 0 Å². The number of carbonyl (C=O) groups is 2. The summed E-state index contributed by atoms with van der Waals surface area (Å²) in [5.41, 5.74) is 0. The Labute approximate surface area is 270 Å². The predicted molar refractivity (Wildman–Crippen MR) is 163 cm³/mol. The summed E-state index contributed by atoms with van der Waals surface area (Å²) in [6.07, 6.45) is 2.23. The average Bonchev–Trinajstić information content (AvgIpc) is 3.01. The highest BCUT2D eigenvalue weighted by Crippen LogP contribution is 2.30. The van der Waals surface area contributed by atoms with E-state index in [1.54, 1.807) is 6.92 Å². The van der Waals surface area contributed by atoms with Crippen molar-refractivity contribution in [2.45, 2.75) is 152 Å². The van der Waals surface area contributed by atoms with Crippen LogP contribution in [0.2, 0.25) is 0 Å². The van der Waals surface area contributed by atoms with Gasteiger partial charge in [-0.3, -0.25) is 9.59 Å². The van der Waals surface area contributed by atoms with Crippen molar-refractivity contribution in [2.75, 3.05) is 13.2 Å². The number of unbranched alkanes of at least 4 members (excludes halogenated alkanes) is 6. The molecule has 11 unspecified atom stereocenters. The molecule has 0 saturated carbocycles. The number of carboxylic acid groups (broad SMARTS) is 1. The van der Waals surface area contributed by atoms with E-state index in [-0.39, 0.29) is 6.42 Å². The minimum Gasteiger partial charge on any atom is -0.481 e. The second kappa shape index (κ2) is 21.8. The molecule has 14 heteroatoms. The molecule has 0 amide bonds. The Morgan fingerprint density at radius 2 is 1.37 bits per heavy atom. The van der Waals surface area contributed by atoms with Crippen LogP contribution in [0.4, 0.5) is 0 Å². The lowest BCUT2D eigenvalue weighted by molar-refractivity contribution is -0.371. The van der Waals surface area contributed by atoms with Gasteiger partial charge in [-0.25, -0.2) is 0 Å². The monoisotopic (exact) mass is 662 g/mol. The predicted octanol–water partition coefficient (Wildman–Crippen LogP) is 1.07. The first-order valence-electron chi connectivity index (χ1n) is 16.2. The van der Waals surface area contributed by atoms with Crippen LogP contribution in [0.5, 0.6) is 0 Å². The second-order valence-electron chi connectivity index (χ2n) is 11.9. The van der Waals surface area contributed by atoms with Crippen molar-refractivity contribution >= 4 is 11.9 Å². The Hall–Kier alpha value is -1.98. The number of carbonyl (C=O) groups excluding carboxylic acids is 1. The zero-order valence-electron chi connectivity index (χ0n) is 26.8. The minimum atomic E-state index is -1.76. The molecule has 2 saturated heterocycles. The van der Waals surface area contributed by atoms with E-state index in [9.17, 15) is 40.2 Å². The van der Waals surface area contributed by atoms with Crippen LogP contribution in [0.1, 0.15) is 84.5 Å². The summed E-state index contributed by atoms with van der Waals surface area (Å²) in [6.45, 7) is 1.92. The molecular weight excluding hydrogens is 608 g/mol. The Kier molecular flexibility index (Phi) is 19.1. The summed E-state index contributed by atoms with van der Waals surface area (Å²) in [4.78, 5) is 21.7. The summed E-state index contributed by atoms with van der Waals surface area (Å²) < 4.78 is 27.9. The first-order chi connectivity index (χ1) is 22.0.